The van der Waals surface area contributed by atoms with Gasteiger partial charge < -0.3 is 9.72 Å². The molecule has 0 amide bonds. The van der Waals surface area contributed by atoms with E-state index in [4.69, 9.17) is 17.0 Å². The second-order valence-electron chi connectivity index (χ2n) is 4.39. The molecule has 1 heterocycles. The van der Waals surface area contributed by atoms with Crippen LogP contribution in [0.15, 0.2) is 28.7 Å². The van der Waals surface area contributed by atoms with E-state index in [1.807, 2.05) is 31.2 Å². The second-order valence-corrected chi connectivity index (χ2v) is 5.57. The van der Waals surface area contributed by atoms with Gasteiger partial charge in [0.15, 0.2) is 0 Å². The van der Waals surface area contributed by atoms with Gasteiger partial charge in [0.25, 0.3) is 0 Å². The minimum atomic E-state index is 0.587. The van der Waals surface area contributed by atoms with Gasteiger partial charge in [-0.05, 0) is 41.4 Å². The Morgan fingerprint density at radius 3 is 2.85 bits per heavy atom. The topological polar surface area (TPSA) is 37.9 Å². The monoisotopic (exact) mass is 352 g/mol. The van der Waals surface area contributed by atoms with Gasteiger partial charge in [0.2, 0.25) is 0 Å². The van der Waals surface area contributed by atoms with Crippen LogP contribution in [0.5, 0.6) is 5.75 Å². The lowest BCUT2D eigenvalue weighted by atomic mass is 10.2. The summed E-state index contributed by atoms with van der Waals surface area (Å²) >= 11 is 8.82. The maximum Gasteiger partial charge on any atom is 0.144 e. The molecule has 0 radical (unpaired) electrons. The van der Waals surface area contributed by atoms with E-state index >= 15 is 0 Å². The number of hydrogen-bond donors (Lipinski definition) is 1. The Hall–Kier alpha value is -1.20. The number of rotatable bonds is 5. The number of H-pyrrole nitrogens is 1. The molecule has 0 saturated carbocycles. The van der Waals surface area contributed by atoms with Gasteiger partial charge >= 0.3 is 0 Å². The molecule has 0 fully saturated rings. The Labute approximate surface area is 132 Å². The molecule has 0 saturated heterocycles. The Morgan fingerprint density at radius 1 is 1.35 bits per heavy atom. The Morgan fingerprint density at radius 2 is 2.15 bits per heavy atom. The third kappa shape index (κ3) is 3.46. The summed E-state index contributed by atoms with van der Waals surface area (Å²) in [7, 11) is 0. The van der Waals surface area contributed by atoms with Crippen molar-refractivity contribution in [1.29, 1.82) is 0 Å². The molecular formula is C15H17BrN2OS. The molecular weight excluding hydrogens is 336 g/mol. The van der Waals surface area contributed by atoms with E-state index in [1.54, 1.807) is 0 Å². The van der Waals surface area contributed by atoms with Crippen molar-refractivity contribution in [3.63, 3.8) is 0 Å². The Balaban J connectivity index is 2.47. The number of benzene rings is 1. The predicted molar refractivity (Wildman–Crippen MR) is 87.7 cm³/mol. The van der Waals surface area contributed by atoms with Crippen LogP contribution in [0.4, 0.5) is 0 Å². The molecule has 0 spiro atoms. The molecule has 0 atom stereocenters. The van der Waals surface area contributed by atoms with Crippen LogP contribution in [-0.4, -0.2) is 16.6 Å². The first kappa shape index (κ1) is 15.2. The Bertz CT molecular complexity index is 655. The van der Waals surface area contributed by atoms with Gasteiger partial charge in [-0.15, -0.1) is 0 Å². The molecule has 1 aromatic carbocycles. The van der Waals surface area contributed by atoms with Gasteiger partial charge in [-0.1, -0.05) is 37.7 Å². The van der Waals surface area contributed by atoms with Crippen LogP contribution < -0.4 is 4.74 Å². The standard InChI is InChI=1S/C15H17BrN2OS/c1-3-6-12-13(16)15(20)18-14(17-12)10-7-5-8-11(9-10)19-4-2/h5,7-9H,3-4,6H2,1-2H3,(H,17,18,20). The van der Waals surface area contributed by atoms with E-state index in [0.717, 1.165) is 40.1 Å². The average molecular weight is 353 g/mol. The second kappa shape index (κ2) is 6.99. The highest BCUT2D eigenvalue weighted by molar-refractivity contribution is 9.10. The summed E-state index contributed by atoms with van der Waals surface area (Å²) in [5.41, 5.74) is 2.07. The fraction of sp³-hybridized carbons (Fsp3) is 0.333. The largest absolute Gasteiger partial charge is 0.494 e. The van der Waals surface area contributed by atoms with Crippen molar-refractivity contribution in [2.75, 3.05) is 6.61 Å². The number of halogens is 1. The summed E-state index contributed by atoms with van der Waals surface area (Å²) in [6.45, 7) is 4.75. The summed E-state index contributed by atoms with van der Waals surface area (Å²) in [6.07, 6.45) is 1.98. The molecule has 0 aliphatic carbocycles. The average Bonchev–Trinajstić information content (AvgIpc) is 2.44. The molecule has 1 aromatic heterocycles. The van der Waals surface area contributed by atoms with E-state index in [9.17, 15) is 0 Å². The van der Waals surface area contributed by atoms with E-state index in [0.29, 0.717) is 11.2 Å². The van der Waals surface area contributed by atoms with Crippen LogP contribution in [0.25, 0.3) is 11.4 Å². The van der Waals surface area contributed by atoms with Gasteiger partial charge in [-0.2, -0.15) is 0 Å². The van der Waals surface area contributed by atoms with E-state index < -0.39 is 0 Å². The fourth-order valence-electron chi connectivity index (χ4n) is 1.96. The van der Waals surface area contributed by atoms with Gasteiger partial charge in [-0.25, -0.2) is 4.98 Å². The van der Waals surface area contributed by atoms with Crippen LogP contribution >= 0.6 is 28.1 Å². The van der Waals surface area contributed by atoms with E-state index in [2.05, 4.69) is 32.8 Å². The smallest absolute Gasteiger partial charge is 0.144 e. The zero-order valence-electron chi connectivity index (χ0n) is 11.6. The molecule has 0 bridgehead atoms. The molecule has 1 N–H and O–H groups in total. The first-order valence-corrected chi connectivity index (χ1v) is 7.87. The van der Waals surface area contributed by atoms with Crippen molar-refractivity contribution in [3.05, 3.63) is 39.1 Å². The minimum absolute atomic E-state index is 0.587. The first-order chi connectivity index (χ1) is 9.65. The van der Waals surface area contributed by atoms with Crippen molar-refractivity contribution in [3.8, 4) is 17.1 Å². The third-order valence-electron chi connectivity index (χ3n) is 2.85. The molecule has 2 aromatic rings. The first-order valence-electron chi connectivity index (χ1n) is 6.67. The van der Waals surface area contributed by atoms with Crippen LogP contribution in [-0.2, 0) is 6.42 Å². The molecule has 20 heavy (non-hydrogen) atoms. The highest BCUT2D eigenvalue weighted by Crippen LogP contribution is 2.24. The van der Waals surface area contributed by atoms with Crippen LogP contribution in [0.2, 0.25) is 0 Å². The van der Waals surface area contributed by atoms with Gasteiger partial charge in [0.1, 0.15) is 16.2 Å². The van der Waals surface area contributed by atoms with Crippen molar-refractivity contribution in [2.45, 2.75) is 26.7 Å². The SMILES string of the molecule is CCCc1[nH]c(-c2cccc(OCC)c2)nc(=S)c1Br. The van der Waals surface area contributed by atoms with Crippen molar-refractivity contribution in [2.24, 2.45) is 0 Å². The van der Waals surface area contributed by atoms with Crippen LogP contribution in [0.3, 0.4) is 0 Å². The summed E-state index contributed by atoms with van der Waals surface area (Å²) in [5.74, 6) is 1.62. The molecule has 3 nitrogen and oxygen atoms in total. The highest BCUT2D eigenvalue weighted by Gasteiger charge is 2.08. The molecule has 5 heteroatoms. The number of ether oxygens (including phenoxy) is 1. The highest BCUT2D eigenvalue weighted by atomic mass is 79.9. The number of nitrogens with one attached hydrogen (secondary N) is 1. The predicted octanol–water partition coefficient (Wildman–Crippen LogP) is 4.92. The maximum absolute atomic E-state index is 5.52. The molecule has 0 aliphatic heterocycles. The zero-order valence-corrected chi connectivity index (χ0v) is 14.0. The van der Waals surface area contributed by atoms with Gasteiger partial charge in [0.05, 0.1) is 11.1 Å². The van der Waals surface area contributed by atoms with Gasteiger partial charge in [-0.3, -0.25) is 0 Å². The number of aromatic nitrogens is 2. The summed E-state index contributed by atoms with van der Waals surface area (Å²) in [6, 6.07) is 7.87. The number of aryl methyl sites for hydroxylation is 1. The lowest BCUT2D eigenvalue weighted by molar-refractivity contribution is 0.340. The Kier molecular flexibility index (Phi) is 5.31. The zero-order chi connectivity index (χ0) is 14.5. The van der Waals surface area contributed by atoms with Crippen LogP contribution in [0, 0.1) is 4.64 Å². The fourth-order valence-corrected chi connectivity index (χ4v) is 2.56. The normalized spacial score (nSPS) is 10.6. The summed E-state index contributed by atoms with van der Waals surface area (Å²) < 4.78 is 7.00. The van der Waals surface area contributed by atoms with Crippen molar-refractivity contribution in [1.82, 2.24) is 9.97 Å². The maximum atomic E-state index is 5.52. The molecule has 106 valence electrons. The number of hydrogen-bond acceptors (Lipinski definition) is 3. The number of aromatic amines is 1. The minimum Gasteiger partial charge on any atom is -0.494 e. The van der Waals surface area contributed by atoms with Crippen LogP contribution in [0.1, 0.15) is 26.0 Å². The van der Waals surface area contributed by atoms with Crippen molar-refractivity contribution >= 4 is 28.1 Å². The molecule has 0 aliphatic rings. The number of nitrogens with zero attached hydrogens (tertiary/aromatic N) is 1. The molecule has 2 rings (SSSR count). The van der Waals surface area contributed by atoms with Gasteiger partial charge in [0, 0.05) is 11.3 Å². The molecule has 0 unspecified atom stereocenters. The quantitative estimate of drug-likeness (QED) is 0.776. The van der Waals surface area contributed by atoms with E-state index in [1.165, 1.54) is 0 Å². The lowest BCUT2D eigenvalue weighted by Gasteiger charge is -2.09. The lowest BCUT2D eigenvalue weighted by Crippen LogP contribution is -1.99. The summed E-state index contributed by atoms with van der Waals surface area (Å²) in [5, 5.41) is 0. The third-order valence-corrected chi connectivity index (χ3v) is 4.27. The van der Waals surface area contributed by atoms with E-state index in [-0.39, 0.29) is 0 Å². The van der Waals surface area contributed by atoms with Crippen molar-refractivity contribution < 1.29 is 4.74 Å². The summed E-state index contributed by atoms with van der Waals surface area (Å²) in [4.78, 5) is 7.80.